The summed E-state index contributed by atoms with van der Waals surface area (Å²) in [4.78, 5) is 33.8. The largest absolute Gasteiger partial charge is 0.384 e. The molecule has 4 N–H and O–H groups in total. The molecule has 144 valence electrons. The molecule has 1 saturated heterocycles. The molecular formula is C19H20N6O3. The van der Waals surface area contributed by atoms with E-state index in [0.29, 0.717) is 5.69 Å². The average Bonchev–Trinajstić information content (AvgIpc) is 3.37. The van der Waals surface area contributed by atoms with Gasteiger partial charge >= 0.3 is 0 Å². The molecule has 9 heteroatoms. The molecule has 0 radical (unpaired) electrons. The van der Waals surface area contributed by atoms with E-state index in [1.165, 1.54) is 0 Å². The first kappa shape index (κ1) is 16.9. The van der Waals surface area contributed by atoms with E-state index in [2.05, 4.69) is 25.5 Å². The molecule has 1 fully saturated rings. The van der Waals surface area contributed by atoms with Crippen LogP contribution in [0.25, 0.3) is 10.9 Å². The SMILES string of the molecule is O=C(NCC1(O)CN(C(=O)C2CCc3cn[nH]c32)C1)c1cc2cnccc2[nH]1. The summed E-state index contributed by atoms with van der Waals surface area (Å²) < 4.78 is 0. The van der Waals surface area contributed by atoms with Crippen LogP contribution in [-0.4, -0.2) is 67.2 Å². The number of H-pyrrole nitrogens is 2. The first-order chi connectivity index (χ1) is 13.5. The number of pyridine rings is 1. The van der Waals surface area contributed by atoms with Crippen molar-refractivity contribution in [2.75, 3.05) is 19.6 Å². The molecule has 0 saturated carbocycles. The van der Waals surface area contributed by atoms with Crippen molar-refractivity contribution >= 4 is 22.7 Å². The van der Waals surface area contributed by atoms with Crippen LogP contribution in [0.4, 0.5) is 0 Å². The number of aliphatic hydroxyl groups is 1. The van der Waals surface area contributed by atoms with Crippen molar-refractivity contribution in [1.82, 2.24) is 30.4 Å². The van der Waals surface area contributed by atoms with E-state index in [-0.39, 0.29) is 37.4 Å². The lowest BCUT2D eigenvalue weighted by molar-refractivity contribution is -0.155. The van der Waals surface area contributed by atoms with Gasteiger partial charge in [-0.25, -0.2) is 0 Å². The molecule has 1 aliphatic carbocycles. The van der Waals surface area contributed by atoms with Crippen LogP contribution in [0.2, 0.25) is 0 Å². The monoisotopic (exact) mass is 380 g/mol. The number of nitrogens with zero attached hydrogens (tertiary/aromatic N) is 3. The van der Waals surface area contributed by atoms with Crippen molar-refractivity contribution in [2.45, 2.75) is 24.4 Å². The zero-order chi connectivity index (χ0) is 19.3. The Kier molecular flexibility index (Phi) is 3.73. The van der Waals surface area contributed by atoms with Crippen LogP contribution < -0.4 is 5.32 Å². The maximum atomic E-state index is 12.7. The Bertz CT molecular complexity index is 1030. The van der Waals surface area contributed by atoms with E-state index in [4.69, 9.17) is 0 Å². The number of hydrogen-bond acceptors (Lipinski definition) is 5. The number of aromatic nitrogens is 4. The number of fused-ring (bicyclic) bond motifs is 2. The normalized spacial score (nSPS) is 20.0. The number of aromatic amines is 2. The predicted molar refractivity (Wildman–Crippen MR) is 99.6 cm³/mol. The van der Waals surface area contributed by atoms with Crippen molar-refractivity contribution in [3.05, 3.63) is 47.7 Å². The fraction of sp³-hybridized carbons (Fsp3) is 0.368. The molecule has 1 atom stereocenters. The fourth-order valence-electron chi connectivity index (χ4n) is 4.10. The second-order valence-electron chi connectivity index (χ2n) is 7.65. The molecule has 3 aromatic rings. The van der Waals surface area contributed by atoms with Gasteiger partial charge in [0.05, 0.1) is 37.4 Å². The maximum absolute atomic E-state index is 12.7. The Morgan fingerprint density at radius 1 is 1.36 bits per heavy atom. The van der Waals surface area contributed by atoms with Crippen LogP contribution in [0, 0.1) is 0 Å². The van der Waals surface area contributed by atoms with Gasteiger partial charge in [-0.2, -0.15) is 5.10 Å². The average molecular weight is 380 g/mol. The zero-order valence-corrected chi connectivity index (χ0v) is 15.1. The smallest absolute Gasteiger partial charge is 0.267 e. The van der Waals surface area contributed by atoms with Crippen molar-refractivity contribution in [1.29, 1.82) is 0 Å². The summed E-state index contributed by atoms with van der Waals surface area (Å²) in [6.45, 7) is 0.509. The van der Waals surface area contributed by atoms with Gasteiger partial charge in [0.1, 0.15) is 11.3 Å². The van der Waals surface area contributed by atoms with Gasteiger partial charge in [-0.15, -0.1) is 0 Å². The number of amides is 2. The predicted octanol–water partition coefficient (Wildman–Crippen LogP) is 0.319. The topological polar surface area (TPSA) is 127 Å². The standard InChI is InChI=1S/C19H20N6O3/c26-17(15-5-12-6-20-4-3-14(12)23-15)21-8-19(28)9-25(10-19)18(27)13-2-1-11-7-22-24-16(11)13/h3-7,13,23,28H,1-2,8-10H2,(H,21,26)(H,22,24). The number of hydrogen-bond donors (Lipinski definition) is 4. The number of β-amino-alcohol motifs (C(OH)–C–C–N with tert-alkyl or cyclic N) is 1. The molecule has 5 rings (SSSR count). The summed E-state index contributed by atoms with van der Waals surface area (Å²) in [5.74, 6) is -0.508. The van der Waals surface area contributed by atoms with Gasteiger partial charge in [0, 0.05) is 23.3 Å². The Morgan fingerprint density at radius 3 is 3.04 bits per heavy atom. The maximum Gasteiger partial charge on any atom is 0.267 e. The fourth-order valence-corrected chi connectivity index (χ4v) is 4.10. The third-order valence-corrected chi connectivity index (χ3v) is 5.63. The summed E-state index contributed by atoms with van der Waals surface area (Å²) in [5.41, 5.74) is 2.12. The Morgan fingerprint density at radius 2 is 2.21 bits per heavy atom. The Hall–Kier alpha value is -3.20. The van der Waals surface area contributed by atoms with E-state index >= 15 is 0 Å². The van der Waals surface area contributed by atoms with Crippen LogP contribution in [0.15, 0.2) is 30.7 Å². The quantitative estimate of drug-likeness (QED) is 0.518. The molecule has 3 aromatic heterocycles. The second-order valence-corrected chi connectivity index (χ2v) is 7.65. The van der Waals surface area contributed by atoms with Gasteiger partial charge in [-0.05, 0) is 30.5 Å². The third-order valence-electron chi connectivity index (χ3n) is 5.63. The number of carbonyl (C=O) groups is 2. The van der Waals surface area contributed by atoms with Crippen LogP contribution in [0.1, 0.15) is 34.1 Å². The molecule has 0 aromatic carbocycles. The molecule has 28 heavy (non-hydrogen) atoms. The van der Waals surface area contributed by atoms with E-state index in [1.807, 2.05) is 0 Å². The highest BCUT2D eigenvalue weighted by Crippen LogP contribution is 2.35. The molecule has 9 nitrogen and oxygen atoms in total. The lowest BCUT2D eigenvalue weighted by Gasteiger charge is -2.47. The van der Waals surface area contributed by atoms with E-state index in [1.54, 1.807) is 35.6 Å². The van der Waals surface area contributed by atoms with Gasteiger partial charge in [0.15, 0.2) is 0 Å². The molecule has 1 aliphatic heterocycles. The molecule has 2 aliphatic rings. The van der Waals surface area contributed by atoms with Crippen molar-refractivity contribution in [3.8, 4) is 0 Å². The van der Waals surface area contributed by atoms with Gasteiger partial charge < -0.3 is 20.3 Å². The molecule has 0 bridgehead atoms. The van der Waals surface area contributed by atoms with Crippen LogP contribution in [-0.2, 0) is 11.2 Å². The number of rotatable bonds is 4. The lowest BCUT2D eigenvalue weighted by Crippen LogP contribution is -2.68. The summed E-state index contributed by atoms with van der Waals surface area (Å²) in [5, 5.41) is 21.1. The van der Waals surface area contributed by atoms with E-state index in [0.717, 1.165) is 35.0 Å². The summed E-state index contributed by atoms with van der Waals surface area (Å²) in [7, 11) is 0. The molecule has 4 heterocycles. The van der Waals surface area contributed by atoms with E-state index in [9.17, 15) is 14.7 Å². The van der Waals surface area contributed by atoms with Crippen LogP contribution in [0.3, 0.4) is 0 Å². The Balaban J connectivity index is 1.17. The van der Waals surface area contributed by atoms with Crippen LogP contribution >= 0.6 is 0 Å². The van der Waals surface area contributed by atoms with Gasteiger partial charge in [0.25, 0.3) is 5.91 Å². The number of aryl methyl sites for hydroxylation is 1. The first-order valence-electron chi connectivity index (χ1n) is 9.27. The van der Waals surface area contributed by atoms with Crippen molar-refractivity contribution < 1.29 is 14.7 Å². The minimum Gasteiger partial charge on any atom is -0.384 e. The lowest BCUT2D eigenvalue weighted by atomic mass is 9.91. The van der Waals surface area contributed by atoms with Crippen molar-refractivity contribution in [3.63, 3.8) is 0 Å². The number of likely N-dealkylation sites (tertiary alicyclic amines) is 1. The van der Waals surface area contributed by atoms with E-state index < -0.39 is 5.60 Å². The summed E-state index contributed by atoms with van der Waals surface area (Å²) in [6.07, 6.45) is 6.71. The Labute approximate surface area is 160 Å². The summed E-state index contributed by atoms with van der Waals surface area (Å²) >= 11 is 0. The van der Waals surface area contributed by atoms with Crippen LogP contribution in [0.5, 0.6) is 0 Å². The summed E-state index contributed by atoms with van der Waals surface area (Å²) in [6, 6.07) is 3.52. The van der Waals surface area contributed by atoms with Gasteiger partial charge in [-0.1, -0.05) is 0 Å². The highest BCUT2D eigenvalue weighted by Gasteiger charge is 2.46. The molecule has 0 spiro atoms. The van der Waals surface area contributed by atoms with Crippen molar-refractivity contribution in [2.24, 2.45) is 0 Å². The third kappa shape index (κ3) is 2.75. The molecule has 2 amide bonds. The van der Waals surface area contributed by atoms with Gasteiger partial charge in [0.2, 0.25) is 5.91 Å². The number of carbonyl (C=O) groups excluding carboxylic acids is 2. The first-order valence-corrected chi connectivity index (χ1v) is 9.27. The highest BCUT2D eigenvalue weighted by atomic mass is 16.3. The second kappa shape index (κ2) is 6.16. The van der Waals surface area contributed by atoms with Gasteiger partial charge in [-0.3, -0.25) is 19.7 Å². The minimum atomic E-state index is -1.10. The highest BCUT2D eigenvalue weighted by molar-refractivity contribution is 5.97. The zero-order valence-electron chi connectivity index (χ0n) is 15.1. The molecular weight excluding hydrogens is 360 g/mol. The molecule has 1 unspecified atom stereocenters. The number of nitrogens with one attached hydrogen (secondary N) is 3. The minimum absolute atomic E-state index is 0.00196.